The van der Waals surface area contributed by atoms with Crippen molar-refractivity contribution in [1.29, 1.82) is 0 Å². The second kappa shape index (κ2) is 14.2. The summed E-state index contributed by atoms with van der Waals surface area (Å²) in [5.41, 5.74) is 3.63. The predicted octanol–water partition coefficient (Wildman–Crippen LogP) is 6.66. The summed E-state index contributed by atoms with van der Waals surface area (Å²) in [6.45, 7) is 3.62. The minimum Gasteiger partial charge on any atom is -0.488 e. The Balaban J connectivity index is 1.51. The van der Waals surface area contributed by atoms with E-state index in [0.29, 0.717) is 52.0 Å². The molecule has 0 spiro atoms. The molecular weight excluding hydrogens is 539 g/mol. The Kier molecular flexibility index (Phi) is 10.2. The quantitative estimate of drug-likeness (QED) is 0.0979. The minimum atomic E-state index is -1.08. The third-order valence-corrected chi connectivity index (χ3v) is 6.75. The van der Waals surface area contributed by atoms with E-state index >= 15 is 0 Å². The molecule has 42 heavy (non-hydrogen) atoms. The molecule has 0 aliphatic heterocycles. The first-order valence-corrected chi connectivity index (χ1v) is 13.8. The van der Waals surface area contributed by atoms with Crippen LogP contribution in [0.15, 0.2) is 72.9 Å². The van der Waals surface area contributed by atoms with Crippen molar-refractivity contribution in [2.75, 3.05) is 18.5 Å². The summed E-state index contributed by atoms with van der Waals surface area (Å²) < 4.78 is 25.0. The van der Waals surface area contributed by atoms with Crippen LogP contribution in [0.25, 0.3) is 10.9 Å². The highest BCUT2D eigenvalue weighted by molar-refractivity contribution is 6.09. The molecule has 0 bridgehead atoms. The van der Waals surface area contributed by atoms with Crippen LogP contribution in [0.1, 0.15) is 47.7 Å². The number of Topliss-reactive ketones (excluding diaryl/α,β-unsaturated/α-hetero) is 1. The zero-order valence-corrected chi connectivity index (χ0v) is 23.6. The number of nitrogens with one attached hydrogen (secondary N) is 1. The van der Waals surface area contributed by atoms with Crippen molar-refractivity contribution in [2.45, 2.75) is 39.5 Å². The Morgan fingerprint density at radius 3 is 2.52 bits per heavy atom. The van der Waals surface area contributed by atoms with Crippen LogP contribution in [-0.4, -0.2) is 41.0 Å². The maximum atomic E-state index is 13.7. The van der Waals surface area contributed by atoms with E-state index in [1.54, 1.807) is 25.1 Å². The lowest BCUT2D eigenvalue weighted by Gasteiger charge is -2.17. The Morgan fingerprint density at radius 1 is 1.02 bits per heavy atom. The molecule has 0 fully saturated rings. The fraction of sp³-hybridized carbons (Fsp3) is 0.273. The summed E-state index contributed by atoms with van der Waals surface area (Å²) in [7, 11) is 0. The van der Waals surface area contributed by atoms with E-state index in [2.05, 4.69) is 10.3 Å². The number of carbonyl (C=O) groups excluding carboxylic acids is 2. The first-order chi connectivity index (χ1) is 20.3. The molecule has 4 aromatic rings. The number of halogens is 1. The van der Waals surface area contributed by atoms with Gasteiger partial charge in [-0.3, -0.25) is 19.4 Å². The van der Waals surface area contributed by atoms with E-state index in [1.807, 2.05) is 43.3 Å². The number of para-hydroxylation sites is 1. The van der Waals surface area contributed by atoms with E-state index < -0.39 is 17.9 Å². The molecule has 0 aliphatic carbocycles. The van der Waals surface area contributed by atoms with Crippen LogP contribution >= 0.6 is 0 Å². The van der Waals surface area contributed by atoms with E-state index in [-0.39, 0.29) is 37.7 Å². The standard InChI is InChI=1S/C33H33FN2O6/c1-3-8-28(37)26-20-35-32-25(31(26)36-27-14-13-24(34)17-21(27)2)11-7-12-29(32)41-15-16-42-33(40)23(19-30(38)39)18-22-9-5-4-6-10-22/h4-7,9-14,17,20,23H,3,8,15-16,18-19H2,1-2H3,(H,35,36)(H,38,39). The van der Waals surface area contributed by atoms with Crippen molar-refractivity contribution in [3.63, 3.8) is 0 Å². The lowest BCUT2D eigenvalue weighted by atomic mass is 9.96. The van der Waals surface area contributed by atoms with Gasteiger partial charge >= 0.3 is 11.9 Å². The third-order valence-electron chi connectivity index (χ3n) is 6.75. The Bertz CT molecular complexity index is 1570. The second-order valence-electron chi connectivity index (χ2n) is 9.96. The lowest BCUT2D eigenvalue weighted by molar-refractivity contribution is -0.153. The molecule has 0 aliphatic rings. The number of pyridine rings is 1. The Labute approximate surface area is 243 Å². The number of carboxylic acid groups (broad SMARTS) is 1. The number of fused-ring (bicyclic) bond motifs is 1. The lowest BCUT2D eigenvalue weighted by Crippen LogP contribution is -2.24. The van der Waals surface area contributed by atoms with E-state index in [4.69, 9.17) is 9.47 Å². The SMILES string of the molecule is CCCC(=O)c1cnc2c(OCCOC(=O)C(CC(=O)O)Cc3ccccc3)cccc2c1Nc1ccc(F)cc1C. The molecule has 2 N–H and O–H groups in total. The monoisotopic (exact) mass is 572 g/mol. The largest absolute Gasteiger partial charge is 0.488 e. The molecule has 9 heteroatoms. The van der Waals surface area contributed by atoms with E-state index in [0.717, 1.165) is 5.56 Å². The predicted molar refractivity (Wildman–Crippen MR) is 158 cm³/mol. The fourth-order valence-corrected chi connectivity index (χ4v) is 4.68. The zero-order valence-electron chi connectivity index (χ0n) is 23.6. The number of aromatic nitrogens is 1. The van der Waals surface area contributed by atoms with Crippen LogP contribution in [0, 0.1) is 18.7 Å². The molecule has 218 valence electrons. The van der Waals surface area contributed by atoms with Gasteiger partial charge in [-0.25, -0.2) is 4.39 Å². The molecule has 4 rings (SSSR count). The fourth-order valence-electron chi connectivity index (χ4n) is 4.68. The molecule has 0 amide bonds. The number of esters is 1. The molecule has 0 saturated carbocycles. The van der Waals surface area contributed by atoms with E-state index in [9.17, 15) is 23.9 Å². The van der Waals surface area contributed by atoms with Crippen LogP contribution < -0.4 is 10.1 Å². The van der Waals surface area contributed by atoms with Gasteiger partial charge < -0.3 is 19.9 Å². The van der Waals surface area contributed by atoms with Crippen LogP contribution in [-0.2, 0) is 20.7 Å². The average Bonchev–Trinajstić information content (AvgIpc) is 2.96. The van der Waals surface area contributed by atoms with Crippen molar-refractivity contribution in [1.82, 2.24) is 4.98 Å². The van der Waals surface area contributed by atoms with Crippen LogP contribution in [0.3, 0.4) is 0 Å². The van der Waals surface area contributed by atoms with Crippen molar-refractivity contribution in [2.24, 2.45) is 5.92 Å². The van der Waals surface area contributed by atoms with Gasteiger partial charge in [0.05, 0.1) is 23.6 Å². The number of ether oxygens (including phenoxy) is 2. The summed E-state index contributed by atoms with van der Waals surface area (Å²) in [6.07, 6.45) is 2.44. The number of aliphatic carboxylic acids is 1. The topological polar surface area (TPSA) is 115 Å². The van der Waals surface area contributed by atoms with Crippen LogP contribution in [0.2, 0.25) is 0 Å². The number of benzene rings is 3. The van der Waals surface area contributed by atoms with Gasteiger partial charge in [-0.2, -0.15) is 0 Å². The molecule has 1 aromatic heterocycles. The first kappa shape index (κ1) is 30.2. The smallest absolute Gasteiger partial charge is 0.309 e. The van der Waals surface area contributed by atoms with Crippen LogP contribution in [0.5, 0.6) is 5.75 Å². The van der Waals surface area contributed by atoms with Gasteiger partial charge in [0.25, 0.3) is 0 Å². The van der Waals surface area contributed by atoms with Gasteiger partial charge in [0.1, 0.15) is 30.3 Å². The highest BCUT2D eigenvalue weighted by Gasteiger charge is 2.24. The maximum absolute atomic E-state index is 13.7. The number of ketones is 1. The summed E-state index contributed by atoms with van der Waals surface area (Å²) in [4.78, 5) is 41.6. The number of hydrogen-bond acceptors (Lipinski definition) is 7. The van der Waals surface area contributed by atoms with E-state index in [1.165, 1.54) is 18.3 Å². The number of hydrogen-bond donors (Lipinski definition) is 2. The molecule has 1 unspecified atom stereocenters. The first-order valence-electron chi connectivity index (χ1n) is 13.8. The molecule has 3 aromatic carbocycles. The second-order valence-corrected chi connectivity index (χ2v) is 9.96. The number of nitrogens with zero attached hydrogens (tertiary/aromatic N) is 1. The maximum Gasteiger partial charge on any atom is 0.309 e. The van der Waals surface area contributed by atoms with Crippen molar-refractivity contribution < 1.29 is 33.4 Å². The molecule has 1 atom stereocenters. The zero-order chi connectivity index (χ0) is 30.1. The summed E-state index contributed by atoms with van der Waals surface area (Å²) >= 11 is 0. The number of carbonyl (C=O) groups is 3. The number of carboxylic acids is 1. The van der Waals surface area contributed by atoms with Crippen molar-refractivity contribution in [3.8, 4) is 5.75 Å². The third kappa shape index (κ3) is 7.69. The number of rotatable bonds is 14. The Morgan fingerprint density at radius 2 is 1.81 bits per heavy atom. The van der Waals surface area contributed by atoms with Gasteiger partial charge in [-0.1, -0.05) is 49.4 Å². The molecule has 8 nitrogen and oxygen atoms in total. The molecule has 0 saturated heterocycles. The summed E-state index contributed by atoms with van der Waals surface area (Å²) in [6, 6.07) is 18.9. The highest BCUT2D eigenvalue weighted by Crippen LogP contribution is 2.35. The summed E-state index contributed by atoms with van der Waals surface area (Å²) in [5, 5.41) is 13.2. The van der Waals surface area contributed by atoms with Gasteiger partial charge in [-0.15, -0.1) is 0 Å². The van der Waals surface area contributed by atoms with Gasteiger partial charge in [-0.05, 0) is 55.2 Å². The van der Waals surface area contributed by atoms with Crippen molar-refractivity contribution >= 4 is 40.0 Å². The molecular formula is C33H33FN2O6. The average molecular weight is 573 g/mol. The Hall–Kier alpha value is -4.79. The molecule has 0 radical (unpaired) electrons. The van der Waals surface area contributed by atoms with Gasteiger partial charge in [0.15, 0.2) is 5.78 Å². The summed E-state index contributed by atoms with van der Waals surface area (Å²) in [5.74, 6) is -2.52. The van der Waals surface area contributed by atoms with Crippen LogP contribution in [0.4, 0.5) is 15.8 Å². The van der Waals surface area contributed by atoms with Gasteiger partial charge in [0, 0.05) is 23.7 Å². The minimum absolute atomic E-state index is 0.00795. The van der Waals surface area contributed by atoms with Gasteiger partial charge in [0.2, 0.25) is 0 Å². The van der Waals surface area contributed by atoms with Crippen molar-refractivity contribution in [3.05, 3.63) is 95.4 Å². The highest BCUT2D eigenvalue weighted by atomic mass is 19.1. The number of anilines is 2. The molecule has 1 heterocycles. The normalized spacial score (nSPS) is 11.6. The number of aryl methyl sites for hydroxylation is 1.